The summed E-state index contributed by atoms with van der Waals surface area (Å²) >= 11 is 5.88. The van der Waals surface area contributed by atoms with Gasteiger partial charge in [-0.3, -0.25) is 10.1 Å². The Labute approximate surface area is 121 Å². The standard InChI is InChI=1S/C14H14ClN3O2/c1-9-6-12(8-16-14(9)15)17-10(2)11-4-3-5-13(7-11)18(19)20/h3-8,10,17H,1-2H3. The molecule has 1 N–H and O–H groups in total. The predicted octanol–water partition coefficient (Wildman–Crippen LogP) is 4.12. The van der Waals surface area contributed by atoms with E-state index in [1.54, 1.807) is 18.3 Å². The van der Waals surface area contributed by atoms with Crippen molar-refractivity contribution in [2.75, 3.05) is 5.32 Å². The minimum Gasteiger partial charge on any atom is -0.377 e. The zero-order valence-corrected chi connectivity index (χ0v) is 11.9. The lowest BCUT2D eigenvalue weighted by Gasteiger charge is -2.15. The number of halogens is 1. The highest BCUT2D eigenvalue weighted by atomic mass is 35.5. The van der Waals surface area contributed by atoms with Gasteiger partial charge in [0, 0.05) is 18.2 Å². The van der Waals surface area contributed by atoms with Crippen molar-refractivity contribution in [3.8, 4) is 0 Å². The molecule has 0 aliphatic rings. The van der Waals surface area contributed by atoms with Crippen LogP contribution in [0.2, 0.25) is 5.15 Å². The van der Waals surface area contributed by atoms with Crippen LogP contribution in [0.5, 0.6) is 0 Å². The van der Waals surface area contributed by atoms with Gasteiger partial charge in [0.2, 0.25) is 0 Å². The Morgan fingerprint density at radius 2 is 2.15 bits per heavy atom. The van der Waals surface area contributed by atoms with E-state index in [2.05, 4.69) is 10.3 Å². The number of rotatable bonds is 4. The molecular formula is C14H14ClN3O2. The molecule has 5 nitrogen and oxygen atoms in total. The topological polar surface area (TPSA) is 68.1 Å². The third-order valence-electron chi connectivity index (χ3n) is 2.98. The minimum absolute atomic E-state index is 0.0720. The highest BCUT2D eigenvalue weighted by Gasteiger charge is 2.11. The molecule has 0 aliphatic heterocycles. The average Bonchev–Trinajstić information content (AvgIpc) is 2.43. The second kappa shape index (κ2) is 5.88. The number of aryl methyl sites for hydroxylation is 1. The number of non-ortho nitro benzene ring substituents is 1. The van der Waals surface area contributed by atoms with Crippen LogP contribution in [0.25, 0.3) is 0 Å². The van der Waals surface area contributed by atoms with E-state index in [1.807, 2.05) is 26.0 Å². The fraction of sp³-hybridized carbons (Fsp3) is 0.214. The second-order valence-corrected chi connectivity index (χ2v) is 4.91. The number of nitro groups is 1. The van der Waals surface area contributed by atoms with E-state index in [0.29, 0.717) is 5.15 Å². The highest BCUT2D eigenvalue weighted by Crippen LogP contribution is 2.24. The molecule has 1 aromatic heterocycles. The first-order chi connectivity index (χ1) is 9.47. The molecule has 1 atom stereocenters. The summed E-state index contributed by atoms with van der Waals surface area (Å²) in [5.41, 5.74) is 2.63. The maximum atomic E-state index is 10.8. The number of nitro benzene ring substituents is 1. The molecule has 1 unspecified atom stereocenters. The minimum atomic E-state index is -0.399. The molecule has 20 heavy (non-hydrogen) atoms. The van der Waals surface area contributed by atoms with Crippen molar-refractivity contribution >= 4 is 23.0 Å². The predicted molar refractivity (Wildman–Crippen MR) is 79.1 cm³/mol. The molecule has 2 aromatic rings. The lowest BCUT2D eigenvalue weighted by molar-refractivity contribution is -0.384. The highest BCUT2D eigenvalue weighted by molar-refractivity contribution is 6.30. The number of nitrogens with one attached hydrogen (secondary N) is 1. The summed E-state index contributed by atoms with van der Waals surface area (Å²) < 4.78 is 0. The van der Waals surface area contributed by atoms with Gasteiger partial charge in [0.1, 0.15) is 5.15 Å². The van der Waals surface area contributed by atoms with Crippen molar-refractivity contribution in [3.05, 3.63) is 62.9 Å². The van der Waals surface area contributed by atoms with Crippen molar-refractivity contribution in [2.24, 2.45) is 0 Å². The Morgan fingerprint density at radius 1 is 1.40 bits per heavy atom. The van der Waals surface area contributed by atoms with Crippen LogP contribution in [0, 0.1) is 17.0 Å². The first kappa shape index (κ1) is 14.3. The van der Waals surface area contributed by atoms with Crippen LogP contribution in [-0.4, -0.2) is 9.91 Å². The normalized spacial score (nSPS) is 11.9. The van der Waals surface area contributed by atoms with Gasteiger partial charge >= 0.3 is 0 Å². The summed E-state index contributed by atoms with van der Waals surface area (Å²) in [5, 5.41) is 14.5. The number of hydrogen-bond donors (Lipinski definition) is 1. The number of pyridine rings is 1. The SMILES string of the molecule is Cc1cc(NC(C)c2cccc([N+](=O)[O-])c2)cnc1Cl. The Kier molecular flexibility index (Phi) is 4.20. The molecule has 104 valence electrons. The monoisotopic (exact) mass is 291 g/mol. The molecule has 0 saturated heterocycles. The quantitative estimate of drug-likeness (QED) is 0.522. The van der Waals surface area contributed by atoms with Crippen LogP contribution in [0.15, 0.2) is 36.5 Å². The van der Waals surface area contributed by atoms with Gasteiger partial charge in [-0.1, -0.05) is 23.7 Å². The number of benzene rings is 1. The zero-order chi connectivity index (χ0) is 14.7. The van der Waals surface area contributed by atoms with Crippen molar-refractivity contribution in [2.45, 2.75) is 19.9 Å². The van der Waals surface area contributed by atoms with Crippen molar-refractivity contribution < 1.29 is 4.92 Å². The first-order valence-corrected chi connectivity index (χ1v) is 6.48. The lowest BCUT2D eigenvalue weighted by Crippen LogP contribution is -2.07. The average molecular weight is 292 g/mol. The van der Waals surface area contributed by atoms with E-state index in [0.717, 1.165) is 16.8 Å². The summed E-state index contributed by atoms with van der Waals surface area (Å²) in [6.45, 7) is 3.81. The van der Waals surface area contributed by atoms with Gasteiger partial charge in [0.15, 0.2) is 0 Å². The summed E-state index contributed by atoms with van der Waals surface area (Å²) in [4.78, 5) is 14.4. The van der Waals surface area contributed by atoms with Crippen molar-refractivity contribution in [1.29, 1.82) is 0 Å². The Hall–Kier alpha value is -2.14. The Balaban J connectivity index is 2.19. The van der Waals surface area contributed by atoms with Gasteiger partial charge in [-0.25, -0.2) is 4.98 Å². The molecule has 0 fully saturated rings. The molecule has 6 heteroatoms. The smallest absolute Gasteiger partial charge is 0.269 e. The summed E-state index contributed by atoms with van der Waals surface area (Å²) in [6, 6.07) is 8.39. The summed E-state index contributed by atoms with van der Waals surface area (Å²) in [5.74, 6) is 0. The van der Waals surface area contributed by atoms with E-state index in [4.69, 9.17) is 11.6 Å². The summed E-state index contributed by atoms with van der Waals surface area (Å²) in [6.07, 6.45) is 1.64. The Morgan fingerprint density at radius 3 is 2.80 bits per heavy atom. The van der Waals surface area contributed by atoms with Crippen LogP contribution in [-0.2, 0) is 0 Å². The number of anilines is 1. The van der Waals surface area contributed by atoms with E-state index in [-0.39, 0.29) is 11.7 Å². The molecule has 0 aliphatic carbocycles. The molecule has 1 aromatic carbocycles. The van der Waals surface area contributed by atoms with Crippen LogP contribution in [0.4, 0.5) is 11.4 Å². The zero-order valence-electron chi connectivity index (χ0n) is 11.1. The van der Waals surface area contributed by atoms with Gasteiger partial charge in [-0.2, -0.15) is 0 Å². The molecule has 2 rings (SSSR count). The number of hydrogen-bond acceptors (Lipinski definition) is 4. The van der Waals surface area contributed by atoms with Crippen molar-refractivity contribution in [3.63, 3.8) is 0 Å². The van der Waals surface area contributed by atoms with E-state index < -0.39 is 4.92 Å². The molecule has 0 radical (unpaired) electrons. The molecule has 0 saturated carbocycles. The van der Waals surface area contributed by atoms with Crippen LogP contribution < -0.4 is 5.32 Å². The third kappa shape index (κ3) is 3.24. The van der Waals surface area contributed by atoms with Gasteiger partial charge in [0.25, 0.3) is 5.69 Å². The molecule has 1 heterocycles. The van der Waals surface area contributed by atoms with Crippen LogP contribution >= 0.6 is 11.6 Å². The van der Waals surface area contributed by atoms with Crippen molar-refractivity contribution in [1.82, 2.24) is 4.98 Å². The first-order valence-electron chi connectivity index (χ1n) is 6.10. The molecule has 0 spiro atoms. The van der Waals surface area contributed by atoms with E-state index in [9.17, 15) is 10.1 Å². The van der Waals surface area contributed by atoms with Crippen LogP contribution in [0.1, 0.15) is 24.1 Å². The van der Waals surface area contributed by atoms with Gasteiger partial charge in [-0.15, -0.1) is 0 Å². The number of nitrogens with zero attached hydrogens (tertiary/aromatic N) is 2. The maximum Gasteiger partial charge on any atom is 0.269 e. The number of aromatic nitrogens is 1. The van der Waals surface area contributed by atoms with E-state index >= 15 is 0 Å². The van der Waals surface area contributed by atoms with Gasteiger partial charge < -0.3 is 5.32 Å². The third-order valence-corrected chi connectivity index (χ3v) is 3.37. The molecular weight excluding hydrogens is 278 g/mol. The van der Waals surface area contributed by atoms with E-state index in [1.165, 1.54) is 6.07 Å². The van der Waals surface area contributed by atoms with Crippen LogP contribution in [0.3, 0.4) is 0 Å². The lowest BCUT2D eigenvalue weighted by atomic mass is 10.1. The largest absolute Gasteiger partial charge is 0.377 e. The second-order valence-electron chi connectivity index (χ2n) is 4.55. The summed E-state index contributed by atoms with van der Waals surface area (Å²) in [7, 11) is 0. The van der Waals surface area contributed by atoms with Gasteiger partial charge in [-0.05, 0) is 31.0 Å². The fourth-order valence-electron chi connectivity index (χ4n) is 1.88. The maximum absolute atomic E-state index is 10.8. The Bertz CT molecular complexity index is 646. The molecule has 0 amide bonds. The van der Waals surface area contributed by atoms with Gasteiger partial charge in [0.05, 0.1) is 16.8 Å². The molecule has 0 bridgehead atoms. The fourth-order valence-corrected chi connectivity index (χ4v) is 1.98.